The monoisotopic (exact) mass is 277 g/mol. The Morgan fingerprint density at radius 2 is 2.26 bits per heavy atom. The number of H-pyrrole nitrogens is 1. The normalized spacial score (nSPS) is 14.6. The number of imidazole rings is 1. The summed E-state index contributed by atoms with van der Waals surface area (Å²) in [6.45, 7) is 0.845. The molecule has 0 saturated heterocycles. The summed E-state index contributed by atoms with van der Waals surface area (Å²) in [5.41, 5.74) is 0. The Bertz CT molecular complexity index is 536. The molecule has 1 aliphatic carbocycles. The van der Waals surface area contributed by atoms with Gasteiger partial charge in [0.15, 0.2) is 0 Å². The number of aromatic amines is 1. The maximum absolute atomic E-state index is 6.01. The molecule has 0 spiro atoms. The minimum atomic E-state index is 0.516. The first kappa shape index (κ1) is 12.4. The maximum atomic E-state index is 6.01. The third kappa shape index (κ3) is 3.44. The van der Waals surface area contributed by atoms with E-state index in [2.05, 4.69) is 25.3 Å². The lowest BCUT2D eigenvalue weighted by atomic mass is 10.3. The first-order valence-corrected chi connectivity index (χ1v) is 6.95. The average molecular weight is 278 g/mol. The zero-order valence-corrected chi connectivity index (χ0v) is 11.3. The zero-order chi connectivity index (χ0) is 13.1. The van der Waals surface area contributed by atoms with E-state index in [1.165, 1.54) is 12.8 Å². The van der Waals surface area contributed by atoms with E-state index in [4.69, 9.17) is 11.6 Å². The molecule has 2 heterocycles. The number of aryl methyl sites for hydroxylation is 1. The average Bonchev–Trinajstić information content (AvgIpc) is 3.12. The van der Waals surface area contributed by atoms with E-state index in [1.54, 1.807) is 12.3 Å². The number of anilines is 1. The van der Waals surface area contributed by atoms with Crippen molar-refractivity contribution in [1.29, 1.82) is 0 Å². The summed E-state index contributed by atoms with van der Waals surface area (Å²) in [4.78, 5) is 16.0. The predicted molar refractivity (Wildman–Crippen MR) is 74.4 cm³/mol. The van der Waals surface area contributed by atoms with Gasteiger partial charge in [-0.25, -0.2) is 15.0 Å². The number of aromatic nitrogens is 4. The number of hydrogen-bond acceptors (Lipinski definition) is 4. The van der Waals surface area contributed by atoms with Crippen molar-refractivity contribution < 1.29 is 0 Å². The van der Waals surface area contributed by atoms with E-state index in [0.717, 1.165) is 36.9 Å². The lowest BCUT2D eigenvalue weighted by molar-refractivity contribution is 0.810. The van der Waals surface area contributed by atoms with Crippen molar-refractivity contribution in [1.82, 2.24) is 19.9 Å². The van der Waals surface area contributed by atoms with Gasteiger partial charge in [0.2, 0.25) is 0 Å². The van der Waals surface area contributed by atoms with Gasteiger partial charge in [0.25, 0.3) is 0 Å². The van der Waals surface area contributed by atoms with Crippen molar-refractivity contribution >= 4 is 17.4 Å². The van der Waals surface area contributed by atoms with Crippen LogP contribution < -0.4 is 5.32 Å². The van der Waals surface area contributed by atoms with Crippen molar-refractivity contribution in [2.24, 2.45) is 0 Å². The third-order valence-electron chi connectivity index (χ3n) is 3.11. The van der Waals surface area contributed by atoms with Gasteiger partial charge in [-0.05, 0) is 19.3 Å². The fourth-order valence-electron chi connectivity index (χ4n) is 1.96. The van der Waals surface area contributed by atoms with Crippen LogP contribution in [0.5, 0.6) is 0 Å². The second-order valence-corrected chi connectivity index (χ2v) is 5.16. The van der Waals surface area contributed by atoms with Gasteiger partial charge in [0.05, 0.1) is 0 Å². The van der Waals surface area contributed by atoms with Crippen LogP contribution in [0, 0.1) is 0 Å². The van der Waals surface area contributed by atoms with Crippen molar-refractivity contribution in [3.8, 4) is 0 Å². The maximum Gasteiger partial charge on any atom is 0.135 e. The van der Waals surface area contributed by atoms with Gasteiger partial charge >= 0.3 is 0 Å². The molecule has 6 heteroatoms. The second kappa shape index (κ2) is 5.57. The summed E-state index contributed by atoms with van der Waals surface area (Å²) < 4.78 is 0. The molecule has 5 nitrogen and oxygen atoms in total. The molecule has 0 radical (unpaired) electrons. The summed E-state index contributed by atoms with van der Waals surface area (Å²) in [5, 5.41) is 3.81. The number of nitrogens with zero attached hydrogens (tertiary/aromatic N) is 3. The molecule has 1 aliphatic rings. The number of hydrogen-bond donors (Lipinski definition) is 2. The van der Waals surface area contributed by atoms with Gasteiger partial charge in [-0.15, -0.1) is 0 Å². The van der Waals surface area contributed by atoms with Crippen molar-refractivity contribution in [3.63, 3.8) is 0 Å². The fourth-order valence-corrected chi connectivity index (χ4v) is 2.15. The summed E-state index contributed by atoms with van der Waals surface area (Å²) in [5.74, 6) is 3.23. The summed E-state index contributed by atoms with van der Waals surface area (Å²) in [7, 11) is 0. The smallest absolute Gasteiger partial charge is 0.135 e. The number of halogens is 1. The molecular weight excluding hydrogens is 262 g/mol. The summed E-state index contributed by atoms with van der Waals surface area (Å²) >= 11 is 6.01. The van der Waals surface area contributed by atoms with Gasteiger partial charge in [0, 0.05) is 37.3 Å². The van der Waals surface area contributed by atoms with E-state index in [-0.39, 0.29) is 0 Å². The van der Waals surface area contributed by atoms with Gasteiger partial charge in [0.1, 0.15) is 22.6 Å². The molecule has 0 aliphatic heterocycles. The van der Waals surface area contributed by atoms with Crippen LogP contribution in [-0.4, -0.2) is 26.5 Å². The van der Waals surface area contributed by atoms with E-state index in [0.29, 0.717) is 11.1 Å². The fraction of sp³-hybridized carbons (Fsp3) is 0.462. The Morgan fingerprint density at radius 3 is 3.00 bits per heavy atom. The van der Waals surface area contributed by atoms with Gasteiger partial charge in [-0.2, -0.15) is 0 Å². The Morgan fingerprint density at radius 1 is 1.37 bits per heavy atom. The Hall–Kier alpha value is -1.62. The Labute approximate surface area is 116 Å². The SMILES string of the molecule is Clc1cc(NCCCc2ncc[nH]2)nc(C2CC2)n1. The van der Waals surface area contributed by atoms with Gasteiger partial charge < -0.3 is 10.3 Å². The molecule has 2 aromatic heterocycles. The van der Waals surface area contributed by atoms with Crippen LogP contribution in [-0.2, 0) is 6.42 Å². The molecule has 0 atom stereocenters. The second-order valence-electron chi connectivity index (χ2n) is 4.77. The number of rotatable bonds is 6. The highest BCUT2D eigenvalue weighted by atomic mass is 35.5. The van der Waals surface area contributed by atoms with E-state index in [9.17, 15) is 0 Å². The topological polar surface area (TPSA) is 66.5 Å². The lowest BCUT2D eigenvalue weighted by Gasteiger charge is -2.07. The van der Waals surface area contributed by atoms with Gasteiger partial charge in [-0.3, -0.25) is 0 Å². The molecule has 19 heavy (non-hydrogen) atoms. The van der Waals surface area contributed by atoms with Crippen LogP contribution in [0.25, 0.3) is 0 Å². The van der Waals surface area contributed by atoms with Crippen molar-refractivity contribution in [3.05, 3.63) is 35.3 Å². The highest BCUT2D eigenvalue weighted by Crippen LogP contribution is 2.38. The predicted octanol–water partition coefficient (Wildman–Crippen LogP) is 2.78. The molecule has 100 valence electrons. The zero-order valence-electron chi connectivity index (χ0n) is 10.6. The third-order valence-corrected chi connectivity index (χ3v) is 3.30. The van der Waals surface area contributed by atoms with Crippen LogP contribution in [0.1, 0.15) is 36.8 Å². The molecular formula is C13H16ClN5. The quantitative estimate of drug-likeness (QED) is 0.629. The van der Waals surface area contributed by atoms with Crippen LogP contribution >= 0.6 is 11.6 Å². The highest BCUT2D eigenvalue weighted by molar-refractivity contribution is 6.29. The van der Waals surface area contributed by atoms with E-state index in [1.807, 2.05) is 6.20 Å². The summed E-state index contributed by atoms with van der Waals surface area (Å²) in [6.07, 6.45) is 7.89. The molecule has 1 saturated carbocycles. The van der Waals surface area contributed by atoms with Crippen molar-refractivity contribution in [2.45, 2.75) is 31.6 Å². The first-order valence-electron chi connectivity index (χ1n) is 6.58. The van der Waals surface area contributed by atoms with Crippen LogP contribution in [0.3, 0.4) is 0 Å². The number of nitrogens with one attached hydrogen (secondary N) is 2. The first-order chi connectivity index (χ1) is 9.31. The molecule has 0 aromatic carbocycles. The molecule has 2 N–H and O–H groups in total. The van der Waals surface area contributed by atoms with Crippen molar-refractivity contribution in [2.75, 3.05) is 11.9 Å². The molecule has 3 rings (SSSR count). The van der Waals surface area contributed by atoms with Gasteiger partial charge in [-0.1, -0.05) is 11.6 Å². The van der Waals surface area contributed by atoms with Crippen LogP contribution in [0.2, 0.25) is 5.15 Å². The largest absolute Gasteiger partial charge is 0.370 e. The Kier molecular flexibility index (Phi) is 3.64. The van der Waals surface area contributed by atoms with E-state index >= 15 is 0 Å². The van der Waals surface area contributed by atoms with Crippen LogP contribution in [0.15, 0.2) is 18.5 Å². The minimum absolute atomic E-state index is 0.516. The minimum Gasteiger partial charge on any atom is -0.370 e. The molecule has 0 unspecified atom stereocenters. The summed E-state index contributed by atoms with van der Waals surface area (Å²) in [6, 6.07) is 1.78. The molecule has 0 bridgehead atoms. The molecule has 1 fully saturated rings. The molecule has 2 aromatic rings. The lowest BCUT2D eigenvalue weighted by Crippen LogP contribution is -2.07. The Balaban J connectivity index is 1.51. The standard InChI is InChI=1S/C13H16ClN5/c14-10-8-12(19-13(18-10)9-3-4-9)15-5-1-2-11-16-6-7-17-11/h6-9H,1-5H2,(H,16,17)(H,15,18,19). The van der Waals surface area contributed by atoms with Crippen LogP contribution in [0.4, 0.5) is 5.82 Å². The molecule has 0 amide bonds. The highest BCUT2D eigenvalue weighted by Gasteiger charge is 2.27. The van der Waals surface area contributed by atoms with E-state index < -0.39 is 0 Å².